The van der Waals surface area contributed by atoms with Crippen LogP contribution >= 0.6 is 0 Å². The molecule has 2 aromatic heterocycles. The first-order valence-electron chi connectivity index (χ1n) is 9.68. The molecule has 7 nitrogen and oxygen atoms in total. The van der Waals surface area contributed by atoms with Crippen molar-refractivity contribution in [3.05, 3.63) is 83.8 Å². The molecule has 1 aromatic carbocycles. The van der Waals surface area contributed by atoms with Crippen LogP contribution in [0.3, 0.4) is 0 Å². The number of nitrogens with two attached hydrogens (primary N) is 2. The van der Waals surface area contributed by atoms with E-state index in [0.717, 1.165) is 23.2 Å². The zero-order valence-electron chi connectivity index (χ0n) is 17.2. The molecule has 0 unspecified atom stereocenters. The van der Waals surface area contributed by atoms with Crippen LogP contribution in [0.5, 0.6) is 5.75 Å². The summed E-state index contributed by atoms with van der Waals surface area (Å²) < 4.78 is 6.06. The Morgan fingerprint density at radius 2 is 2.06 bits per heavy atom. The summed E-state index contributed by atoms with van der Waals surface area (Å²) in [6.45, 7) is 0.558. The first kappa shape index (κ1) is 21.6. The Hall–Kier alpha value is -4.06. The second kappa shape index (κ2) is 10.6. The lowest BCUT2D eigenvalue weighted by atomic mass is 10.1. The summed E-state index contributed by atoms with van der Waals surface area (Å²) in [4.78, 5) is 23.8. The molecule has 7 heteroatoms. The molecule has 0 amide bonds. The van der Waals surface area contributed by atoms with Gasteiger partial charge in [0.25, 0.3) is 0 Å². The predicted octanol–water partition coefficient (Wildman–Crippen LogP) is 2.90. The number of aromatic nitrogens is 2. The lowest BCUT2D eigenvalue weighted by Crippen LogP contribution is -2.10. The lowest BCUT2D eigenvalue weighted by Gasteiger charge is -2.12. The maximum Gasteiger partial charge on any atom is 0.216 e. The molecule has 3 aromatic rings. The molecule has 4 N–H and O–H groups in total. The third kappa shape index (κ3) is 5.73. The fourth-order valence-corrected chi connectivity index (χ4v) is 2.88. The Morgan fingerprint density at radius 1 is 1.19 bits per heavy atom. The highest BCUT2D eigenvalue weighted by Crippen LogP contribution is 2.31. The van der Waals surface area contributed by atoms with Crippen LogP contribution in [0.4, 0.5) is 0 Å². The van der Waals surface area contributed by atoms with Gasteiger partial charge in [0.1, 0.15) is 11.7 Å². The second-order valence-corrected chi connectivity index (χ2v) is 6.59. The number of nitrogens with zero attached hydrogens (tertiary/aromatic N) is 3. The van der Waals surface area contributed by atoms with Gasteiger partial charge in [-0.25, -0.2) is 4.79 Å². The van der Waals surface area contributed by atoms with E-state index >= 15 is 0 Å². The van der Waals surface area contributed by atoms with Crippen molar-refractivity contribution in [2.75, 3.05) is 13.6 Å². The van der Waals surface area contributed by atoms with Crippen LogP contribution in [0.1, 0.15) is 16.8 Å². The van der Waals surface area contributed by atoms with Crippen LogP contribution < -0.4 is 16.2 Å². The van der Waals surface area contributed by atoms with Crippen molar-refractivity contribution in [3.8, 4) is 17.0 Å². The van der Waals surface area contributed by atoms with Crippen LogP contribution in [-0.2, 0) is 11.2 Å². The molecule has 0 aliphatic carbocycles. The lowest BCUT2D eigenvalue weighted by molar-refractivity contribution is 0.556. The van der Waals surface area contributed by atoms with Gasteiger partial charge in [-0.3, -0.25) is 15.0 Å². The van der Waals surface area contributed by atoms with Crippen molar-refractivity contribution < 1.29 is 9.53 Å². The molecule has 0 saturated carbocycles. The number of rotatable bonds is 7. The predicted molar refractivity (Wildman–Crippen MR) is 123 cm³/mol. The Bertz CT molecular complexity index is 1130. The smallest absolute Gasteiger partial charge is 0.216 e. The summed E-state index contributed by atoms with van der Waals surface area (Å²) >= 11 is 0. The number of hydrogen-bond donors (Lipinski definition) is 2. The minimum atomic E-state index is 0.288. The molecule has 0 spiro atoms. The number of aliphatic imine (C=N–C) groups is 1. The van der Waals surface area contributed by atoms with Gasteiger partial charge in [0, 0.05) is 37.2 Å². The van der Waals surface area contributed by atoms with Crippen LogP contribution in [0.25, 0.3) is 23.0 Å². The first-order chi connectivity index (χ1) is 15.1. The van der Waals surface area contributed by atoms with Gasteiger partial charge >= 0.3 is 0 Å². The third-order valence-corrected chi connectivity index (χ3v) is 4.44. The molecule has 0 aliphatic rings. The van der Waals surface area contributed by atoms with Gasteiger partial charge in [-0.2, -0.15) is 0 Å². The van der Waals surface area contributed by atoms with E-state index < -0.39 is 0 Å². The summed E-state index contributed by atoms with van der Waals surface area (Å²) in [7, 11) is 1.60. The molecule has 2 heterocycles. The fourth-order valence-electron chi connectivity index (χ4n) is 2.88. The quantitative estimate of drug-likeness (QED) is 0.349. The topological polar surface area (TPSA) is 116 Å². The molecule has 0 fully saturated rings. The molecule has 0 radical (unpaired) electrons. The summed E-state index contributed by atoms with van der Waals surface area (Å²) in [6, 6.07) is 14.7. The average molecular weight is 413 g/mol. The molecule has 0 aliphatic heterocycles. The van der Waals surface area contributed by atoms with E-state index in [2.05, 4.69) is 15.0 Å². The van der Waals surface area contributed by atoms with Gasteiger partial charge in [-0.1, -0.05) is 18.2 Å². The van der Waals surface area contributed by atoms with E-state index in [9.17, 15) is 4.79 Å². The number of ether oxygens (including phenoxy) is 1. The number of hydrogen-bond acceptors (Lipinski definition) is 7. The summed E-state index contributed by atoms with van der Waals surface area (Å²) in [5.74, 6) is 2.55. The van der Waals surface area contributed by atoms with Crippen molar-refractivity contribution in [1.82, 2.24) is 9.97 Å². The van der Waals surface area contributed by atoms with E-state index in [1.54, 1.807) is 49.7 Å². The third-order valence-electron chi connectivity index (χ3n) is 4.44. The monoisotopic (exact) mass is 413 g/mol. The minimum absolute atomic E-state index is 0.288. The summed E-state index contributed by atoms with van der Waals surface area (Å²) in [5.41, 5.74) is 16.0. The van der Waals surface area contributed by atoms with Crippen molar-refractivity contribution in [3.63, 3.8) is 0 Å². The normalized spacial score (nSPS) is 11.7. The van der Waals surface area contributed by atoms with E-state index in [-0.39, 0.29) is 5.90 Å². The van der Waals surface area contributed by atoms with Gasteiger partial charge in [0.05, 0.1) is 17.1 Å². The molecular weight excluding hydrogens is 390 g/mol. The average Bonchev–Trinajstić information content (AvgIpc) is 2.80. The van der Waals surface area contributed by atoms with E-state index in [1.165, 1.54) is 6.08 Å². The highest BCUT2D eigenvalue weighted by atomic mass is 16.5. The van der Waals surface area contributed by atoms with E-state index in [1.807, 2.05) is 30.3 Å². The Morgan fingerprint density at radius 3 is 2.71 bits per heavy atom. The SMILES string of the molecule is CN=C(C=C(N)c1ccccn1)Oc1cc(C=C=O)ccc1-c1ccc(CCN)cn1. The molecule has 0 atom stereocenters. The zero-order chi connectivity index (χ0) is 22.1. The van der Waals surface area contributed by atoms with Gasteiger partial charge < -0.3 is 16.2 Å². The van der Waals surface area contributed by atoms with Crippen LogP contribution in [0.15, 0.2) is 72.0 Å². The van der Waals surface area contributed by atoms with Crippen molar-refractivity contribution in [2.45, 2.75) is 6.42 Å². The highest BCUT2D eigenvalue weighted by molar-refractivity contribution is 5.96. The number of benzene rings is 1. The van der Waals surface area contributed by atoms with Crippen molar-refractivity contribution in [2.24, 2.45) is 16.5 Å². The number of carbonyl (C=O) groups excluding carboxylic acids is 1. The molecule has 0 bridgehead atoms. The minimum Gasteiger partial charge on any atom is -0.439 e. The van der Waals surface area contributed by atoms with Crippen LogP contribution in [0.2, 0.25) is 0 Å². The summed E-state index contributed by atoms with van der Waals surface area (Å²) in [6.07, 6.45) is 7.14. The zero-order valence-corrected chi connectivity index (χ0v) is 17.2. The van der Waals surface area contributed by atoms with Crippen molar-refractivity contribution in [1.29, 1.82) is 0 Å². The molecule has 0 saturated heterocycles. The van der Waals surface area contributed by atoms with Gasteiger partial charge in [-0.15, -0.1) is 0 Å². The molecule has 156 valence electrons. The molecule has 31 heavy (non-hydrogen) atoms. The maximum absolute atomic E-state index is 10.8. The molecular formula is C24H23N5O2. The Labute approximate surface area is 180 Å². The Balaban J connectivity index is 1.97. The van der Waals surface area contributed by atoms with E-state index in [0.29, 0.717) is 29.2 Å². The van der Waals surface area contributed by atoms with Gasteiger partial charge in [-0.05, 0) is 54.4 Å². The highest BCUT2D eigenvalue weighted by Gasteiger charge is 2.12. The maximum atomic E-state index is 10.8. The summed E-state index contributed by atoms with van der Waals surface area (Å²) in [5, 5.41) is 0. The largest absolute Gasteiger partial charge is 0.439 e. The van der Waals surface area contributed by atoms with Crippen LogP contribution in [-0.4, -0.2) is 35.4 Å². The van der Waals surface area contributed by atoms with Gasteiger partial charge in [0.2, 0.25) is 5.90 Å². The Kier molecular flexibility index (Phi) is 7.43. The van der Waals surface area contributed by atoms with Crippen molar-refractivity contribution >= 4 is 23.6 Å². The van der Waals surface area contributed by atoms with Gasteiger partial charge in [0.15, 0.2) is 0 Å². The van der Waals surface area contributed by atoms with Crippen LogP contribution in [0, 0.1) is 0 Å². The molecule has 3 rings (SSSR count). The number of pyridine rings is 2. The van der Waals surface area contributed by atoms with E-state index in [4.69, 9.17) is 16.2 Å². The second-order valence-electron chi connectivity index (χ2n) is 6.59. The fraction of sp³-hybridized carbons (Fsp3) is 0.125. The standard InChI is InChI=1S/C24H23N5O2/c1-27-24(15-20(26)22-4-2-3-12-28-22)31-23-14-17(10-13-30)5-7-19(23)21-8-6-18(9-11-25)16-29-21/h2-8,10,12,14-16H,9,11,25-26H2,1H3. The first-order valence-corrected chi connectivity index (χ1v) is 9.68.